The maximum Gasteiger partial charge on any atom is 0.416 e. The lowest BCUT2D eigenvalue weighted by Gasteiger charge is -2.20. The van der Waals surface area contributed by atoms with Gasteiger partial charge in [-0.15, -0.1) is 0 Å². The maximum atomic E-state index is 12.7. The second-order valence-corrected chi connectivity index (χ2v) is 4.48. The Morgan fingerprint density at radius 3 is 1.83 bits per heavy atom. The van der Waals surface area contributed by atoms with E-state index in [1.165, 1.54) is 6.92 Å². The van der Waals surface area contributed by atoms with Crippen molar-refractivity contribution in [3.05, 3.63) is 34.9 Å². The number of hydrogen-bond donors (Lipinski definition) is 2. The van der Waals surface area contributed by atoms with Crippen LogP contribution < -0.4 is 0 Å². The van der Waals surface area contributed by atoms with Gasteiger partial charge in [0.1, 0.15) is 6.10 Å². The van der Waals surface area contributed by atoms with Gasteiger partial charge in [0.05, 0.1) is 17.7 Å². The number of halogens is 6. The van der Waals surface area contributed by atoms with Gasteiger partial charge < -0.3 is 14.9 Å². The van der Waals surface area contributed by atoms with Crippen LogP contribution in [0.4, 0.5) is 26.3 Å². The molecule has 1 aromatic rings. The number of benzene rings is 1. The van der Waals surface area contributed by atoms with Gasteiger partial charge in [0.2, 0.25) is 0 Å². The van der Waals surface area contributed by atoms with Crippen molar-refractivity contribution in [1.29, 1.82) is 0 Å². The van der Waals surface area contributed by atoms with E-state index < -0.39 is 47.2 Å². The predicted octanol–water partition coefficient (Wildman–Crippen LogP) is 2.68. The molecule has 0 bridgehead atoms. The van der Waals surface area contributed by atoms with Crippen LogP contribution in [0.3, 0.4) is 0 Å². The van der Waals surface area contributed by atoms with Crippen LogP contribution in [-0.2, 0) is 21.9 Å². The zero-order valence-electron chi connectivity index (χ0n) is 11.6. The zero-order valence-corrected chi connectivity index (χ0v) is 11.6. The molecule has 23 heavy (non-hydrogen) atoms. The summed E-state index contributed by atoms with van der Waals surface area (Å²) >= 11 is 0. The van der Waals surface area contributed by atoms with Crippen molar-refractivity contribution < 1.29 is 46.1 Å². The smallest absolute Gasteiger partial charge is 0.416 e. The van der Waals surface area contributed by atoms with Gasteiger partial charge >= 0.3 is 18.3 Å². The molecule has 1 rings (SSSR count). The van der Waals surface area contributed by atoms with Gasteiger partial charge in [-0.2, -0.15) is 26.3 Å². The minimum absolute atomic E-state index is 0.132. The van der Waals surface area contributed by atoms with Crippen LogP contribution >= 0.6 is 0 Å². The Morgan fingerprint density at radius 1 is 1.04 bits per heavy atom. The molecule has 0 aliphatic carbocycles. The molecule has 0 heterocycles. The highest BCUT2D eigenvalue weighted by atomic mass is 19.4. The first-order chi connectivity index (χ1) is 10.4. The van der Waals surface area contributed by atoms with Crippen LogP contribution in [0.25, 0.3) is 0 Å². The molecule has 0 aliphatic rings. The molecule has 0 fully saturated rings. The van der Waals surface area contributed by atoms with Gasteiger partial charge in [-0.25, -0.2) is 4.79 Å². The molecule has 0 aromatic heterocycles. The summed E-state index contributed by atoms with van der Waals surface area (Å²) in [5.74, 6) is -1.37. The van der Waals surface area contributed by atoms with Gasteiger partial charge in [-0.1, -0.05) is 0 Å². The van der Waals surface area contributed by atoms with E-state index in [1.54, 1.807) is 0 Å². The minimum atomic E-state index is -5.11. The first-order valence-corrected chi connectivity index (χ1v) is 6.20. The summed E-state index contributed by atoms with van der Waals surface area (Å²) in [5.41, 5.74) is -4.25. The fourth-order valence-electron chi connectivity index (χ4n) is 1.69. The lowest BCUT2D eigenvalue weighted by Crippen LogP contribution is -2.30. The largest absolute Gasteiger partial charge is 0.464 e. The van der Waals surface area contributed by atoms with Crippen LogP contribution in [-0.4, -0.2) is 28.9 Å². The Bertz CT molecular complexity index is 534. The fraction of sp³-hybridized carbons (Fsp3) is 0.462. The highest BCUT2D eigenvalue weighted by Gasteiger charge is 2.38. The molecule has 2 atom stereocenters. The van der Waals surface area contributed by atoms with E-state index in [9.17, 15) is 41.4 Å². The fourth-order valence-corrected chi connectivity index (χ4v) is 1.69. The summed E-state index contributed by atoms with van der Waals surface area (Å²) < 4.78 is 80.4. The molecule has 4 nitrogen and oxygen atoms in total. The van der Waals surface area contributed by atoms with Gasteiger partial charge in [0.25, 0.3) is 0 Å². The van der Waals surface area contributed by atoms with Crippen molar-refractivity contribution in [1.82, 2.24) is 0 Å². The molecule has 0 radical (unpaired) electrons. The van der Waals surface area contributed by atoms with E-state index in [1.807, 2.05) is 0 Å². The van der Waals surface area contributed by atoms with Crippen molar-refractivity contribution >= 4 is 5.97 Å². The summed E-state index contributed by atoms with van der Waals surface area (Å²) in [7, 11) is 0. The van der Waals surface area contributed by atoms with Crippen molar-refractivity contribution in [2.45, 2.75) is 31.5 Å². The number of aliphatic hydroxyl groups is 2. The van der Waals surface area contributed by atoms with E-state index >= 15 is 0 Å². The third kappa shape index (κ3) is 4.83. The predicted molar refractivity (Wildman–Crippen MR) is 64.0 cm³/mol. The van der Waals surface area contributed by atoms with Gasteiger partial charge in [-0.05, 0) is 30.7 Å². The molecule has 0 amide bonds. The second kappa shape index (κ2) is 6.75. The monoisotopic (exact) mass is 346 g/mol. The van der Waals surface area contributed by atoms with Crippen molar-refractivity contribution in [2.24, 2.45) is 0 Å². The van der Waals surface area contributed by atoms with Crippen LogP contribution in [0.15, 0.2) is 18.2 Å². The highest BCUT2D eigenvalue weighted by molar-refractivity contribution is 5.75. The Morgan fingerprint density at radius 2 is 1.48 bits per heavy atom. The van der Waals surface area contributed by atoms with E-state index in [0.29, 0.717) is 0 Å². The number of rotatable bonds is 4. The molecule has 2 N–H and O–H groups in total. The number of ether oxygens (including phenoxy) is 1. The summed E-state index contributed by atoms with van der Waals surface area (Å²) in [6.07, 6.45) is -14.8. The molecule has 1 aromatic carbocycles. The number of carbonyl (C=O) groups excluding carboxylic acids is 1. The molecule has 0 aliphatic heterocycles. The Balaban J connectivity index is 3.32. The van der Waals surface area contributed by atoms with Crippen molar-refractivity contribution in [2.75, 3.05) is 6.61 Å². The Labute approximate surface area is 126 Å². The van der Waals surface area contributed by atoms with E-state index in [2.05, 4.69) is 4.74 Å². The summed E-state index contributed by atoms with van der Waals surface area (Å²) in [4.78, 5) is 11.2. The van der Waals surface area contributed by atoms with Gasteiger partial charge in [0, 0.05) is 0 Å². The molecular weight excluding hydrogens is 334 g/mol. The lowest BCUT2D eigenvalue weighted by atomic mass is 9.98. The van der Waals surface area contributed by atoms with Crippen LogP contribution in [0, 0.1) is 0 Å². The first-order valence-electron chi connectivity index (χ1n) is 6.20. The van der Waals surface area contributed by atoms with Crippen LogP contribution in [0.1, 0.15) is 29.7 Å². The molecule has 0 saturated heterocycles. The average molecular weight is 346 g/mol. The Hall–Kier alpha value is -1.81. The number of hydrogen-bond acceptors (Lipinski definition) is 4. The lowest BCUT2D eigenvalue weighted by molar-refractivity contribution is -0.159. The van der Waals surface area contributed by atoms with Crippen LogP contribution in [0.5, 0.6) is 0 Å². The maximum absolute atomic E-state index is 12.7. The summed E-state index contributed by atoms with van der Waals surface area (Å²) in [6, 6.07) is 0.317. The third-order valence-corrected chi connectivity index (χ3v) is 2.78. The normalized spacial score (nSPS) is 15.2. The van der Waals surface area contributed by atoms with Gasteiger partial charge in [0.15, 0.2) is 6.10 Å². The Kier molecular flexibility index (Phi) is 5.65. The zero-order chi connectivity index (χ0) is 18.0. The molecule has 0 spiro atoms. The van der Waals surface area contributed by atoms with E-state index in [-0.39, 0.29) is 24.8 Å². The highest BCUT2D eigenvalue weighted by Crippen LogP contribution is 2.37. The number of aliphatic hydroxyl groups excluding tert-OH is 2. The average Bonchev–Trinajstić information content (AvgIpc) is 2.43. The van der Waals surface area contributed by atoms with E-state index in [4.69, 9.17) is 0 Å². The minimum Gasteiger partial charge on any atom is -0.464 e. The van der Waals surface area contributed by atoms with Crippen molar-refractivity contribution in [3.63, 3.8) is 0 Å². The summed E-state index contributed by atoms with van der Waals surface area (Å²) in [5, 5.41) is 19.2. The third-order valence-electron chi connectivity index (χ3n) is 2.78. The van der Waals surface area contributed by atoms with Gasteiger partial charge in [-0.3, -0.25) is 0 Å². The van der Waals surface area contributed by atoms with Crippen LogP contribution in [0.2, 0.25) is 0 Å². The molecule has 0 saturated carbocycles. The standard InChI is InChI=1S/C13H12F6O4/c1-2-23-11(22)10(21)9(20)6-3-7(12(14,15)16)5-8(4-6)13(17,18)19/h3-5,9-10,20-21H,2H2,1H3. The first kappa shape index (κ1) is 19.2. The molecular formula is C13H12F6O4. The SMILES string of the molecule is CCOC(=O)C(O)C(O)c1cc(C(F)(F)F)cc(C(F)(F)F)c1. The topological polar surface area (TPSA) is 66.8 Å². The quantitative estimate of drug-likeness (QED) is 0.650. The molecule has 2 unspecified atom stereocenters. The van der Waals surface area contributed by atoms with Crippen molar-refractivity contribution in [3.8, 4) is 0 Å². The number of esters is 1. The number of carbonyl (C=O) groups is 1. The summed E-state index contributed by atoms with van der Waals surface area (Å²) in [6.45, 7) is 1.17. The molecule has 10 heteroatoms. The van der Waals surface area contributed by atoms with E-state index in [0.717, 1.165) is 0 Å². The second-order valence-electron chi connectivity index (χ2n) is 4.48. The number of alkyl halides is 6. The molecule has 130 valence electrons.